The maximum atomic E-state index is 12.5. The molecule has 2 heteroatoms. The van der Waals surface area contributed by atoms with Crippen LogP contribution in [-0.2, 0) is 0 Å². The minimum absolute atomic E-state index is 0.0592. The van der Waals surface area contributed by atoms with Crippen LogP contribution in [-0.4, -0.2) is 30.3 Å². The molecule has 0 fully saturated rings. The van der Waals surface area contributed by atoms with Gasteiger partial charge in [0.25, 0.3) is 0 Å². The van der Waals surface area contributed by atoms with E-state index in [-0.39, 0.29) is 11.8 Å². The molecule has 0 aliphatic carbocycles. The lowest BCUT2D eigenvalue weighted by atomic mass is 9.99. The van der Waals surface area contributed by atoms with Gasteiger partial charge < -0.3 is 0 Å². The van der Waals surface area contributed by atoms with Crippen LogP contribution < -0.4 is 0 Å². The fourth-order valence-corrected chi connectivity index (χ4v) is 2.11. The van der Waals surface area contributed by atoms with Crippen molar-refractivity contribution in [1.82, 2.24) is 4.90 Å². The Hall–Kier alpha value is -1.15. The molecule has 0 bridgehead atoms. The zero-order chi connectivity index (χ0) is 14.6. The van der Waals surface area contributed by atoms with Gasteiger partial charge in [0.1, 0.15) is 0 Å². The van der Waals surface area contributed by atoms with E-state index in [4.69, 9.17) is 0 Å². The van der Waals surface area contributed by atoms with Gasteiger partial charge in [0, 0.05) is 12.1 Å². The summed E-state index contributed by atoms with van der Waals surface area (Å²) < 4.78 is 0. The number of likely N-dealkylation sites (N-methyl/N-ethyl adjacent to an activating group) is 1. The van der Waals surface area contributed by atoms with Crippen LogP contribution in [0.2, 0.25) is 0 Å². The Morgan fingerprint density at radius 1 is 1.21 bits per heavy atom. The van der Waals surface area contributed by atoms with Gasteiger partial charge >= 0.3 is 0 Å². The highest BCUT2D eigenvalue weighted by Crippen LogP contribution is 2.14. The zero-order valence-corrected chi connectivity index (χ0v) is 13.2. The number of hydrogen-bond donors (Lipinski definition) is 0. The first kappa shape index (κ1) is 15.9. The van der Waals surface area contributed by atoms with Crippen LogP contribution in [0.4, 0.5) is 0 Å². The molecule has 19 heavy (non-hydrogen) atoms. The first-order chi connectivity index (χ1) is 8.86. The number of carbonyl (C=O) groups is 1. The van der Waals surface area contributed by atoms with Crippen LogP contribution in [0.1, 0.15) is 48.7 Å². The normalized spacial score (nSPS) is 14.5. The summed E-state index contributed by atoms with van der Waals surface area (Å²) >= 11 is 0. The minimum atomic E-state index is -0.0592. The summed E-state index contributed by atoms with van der Waals surface area (Å²) in [5.74, 6) is 0.842. The highest BCUT2D eigenvalue weighted by atomic mass is 16.1. The molecule has 2 atom stereocenters. The Kier molecular flexibility index (Phi) is 5.74. The van der Waals surface area contributed by atoms with E-state index in [9.17, 15) is 4.79 Å². The van der Waals surface area contributed by atoms with Crippen molar-refractivity contribution >= 4 is 5.78 Å². The fraction of sp³-hybridized carbons (Fsp3) is 0.588. The summed E-state index contributed by atoms with van der Waals surface area (Å²) in [5, 5.41) is 0. The van der Waals surface area contributed by atoms with Crippen molar-refractivity contribution in [3.63, 3.8) is 0 Å². The van der Waals surface area contributed by atoms with Gasteiger partial charge in [-0.25, -0.2) is 0 Å². The van der Waals surface area contributed by atoms with Gasteiger partial charge in [-0.05, 0) is 50.9 Å². The van der Waals surface area contributed by atoms with Crippen molar-refractivity contribution < 1.29 is 4.79 Å². The second-order valence-electron chi connectivity index (χ2n) is 5.79. The Labute approximate surface area is 117 Å². The topological polar surface area (TPSA) is 20.3 Å². The maximum absolute atomic E-state index is 12.5. The third kappa shape index (κ3) is 4.17. The Balaban J connectivity index is 2.78. The van der Waals surface area contributed by atoms with Crippen LogP contribution in [0.3, 0.4) is 0 Å². The largest absolute Gasteiger partial charge is 0.296 e. The summed E-state index contributed by atoms with van der Waals surface area (Å²) in [6.07, 6.45) is 1.15. The summed E-state index contributed by atoms with van der Waals surface area (Å²) in [6.45, 7) is 11.5. The standard InChI is InChI=1S/C17H27NO/c1-7-12(2)11-18(6)15(5)17(19)16-9-8-13(3)14(4)10-16/h8-10,12,15H,7,11H2,1-6H3. The number of ketones is 1. The second kappa shape index (κ2) is 6.85. The molecule has 106 valence electrons. The van der Waals surface area contributed by atoms with Gasteiger partial charge in [0.2, 0.25) is 0 Å². The molecule has 1 rings (SSSR count). The van der Waals surface area contributed by atoms with Gasteiger partial charge in [-0.2, -0.15) is 0 Å². The summed E-state index contributed by atoms with van der Waals surface area (Å²) in [7, 11) is 2.04. The molecule has 0 heterocycles. The average Bonchev–Trinajstić information content (AvgIpc) is 2.39. The van der Waals surface area contributed by atoms with Gasteiger partial charge in [-0.15, -0.1) is 0 Å². The van der Waals surface area contributed by atoms with E-state index in [1.54, 1.807) is 0 Å². The van der Waals surface area contributed by atoms with E-state index in [0.29, 0.717) is 5.92 Å². The molecule has 2 unspecified atom stereocenters. The van der Waals surface area contributed by atoms with E-state index < -0.39 is 0 Å². The van der Waals surface area contributed by atoms with Gasteiger partial charge in [0.15, 0.2) is 5.78 Å². The van der Waals surface area contributed by atoms with E-state index in [1.807, 2.05) is 32.2 Å². The maximum Gasteiger partial charge on any atom is 0.179 e. The van der Waals surface area contributed by atoms with Crippen molar-refractivity contribution in [2.24, 2.45) is 5.92 Å². The SMILES string of the molecule is CCC(C)CN(C)C(C)C(=O)c1ccc(C)c(C)c1. The number of aryl methyl sites for hydroxylation is 2. The molecular weight excluding hydrogens is 234 g/mol. The summed E-state index contributed by atoms with van der Waals surface area (Å²) in [6, 6.07) is 5.92. The fourth-order valence-electron chi connectivity index (χ4n) is 2.11. The van der Waals surface area contributed by atoms with Crippen molar-refractivity contribution in [3.8, 4) is 0 Å². The molecule has 1 aromatic rings. The second-order valence-corrected chi connectivity index (χ2v) is 5.79. The predicted octanol–water partition coefficient (Wildman–Crippen LogP) is 3.85. The van der Waals surface area contributed by atoms with E-state index >= 15 is 0 Å². The Bertz CT molecular complexity index is 439. The molecule has 0 aliphatic rings. The number of rotatable bonds is 6. The number of Topliss-reactive ketones (excluding diaryl/α,β-unsaturated/α-hetero) is 1. The number of carbonyl (C=O) groups excluding carboxylic acids is 1. The van der Waals surface area contributed by atoms with Crippen LogP contribution in [0, 0.1) is 19.8 Å². The van der Waals surface area contributed by atoms with Gasteiger partial charge in [0.05, 0.1) is 6.04 Å². The molecule has 1 aromatic carbocycles. The number of hydrogen-bond acceptors (Lipinski definition) is 2. The molecule has 0 saturated carbocycles. The van der Waals surface area contributed by atoms with E-state index in [0.717, 1.165) is 18.5 Å². The lowest BCUT2D eigenvalue weighted by Crippen LogP contribution is -2.38. The van der Waals surface area contributed by atoms with Crippen molar-refractivity contribution in [1.29, 1.82) is 0 Å². The summed E-state index contributed by atoms with van der Waals surface area (Å²) in [5.41, 5.74) is 3.24. The third-order valence-corrected chi connectivity index (χ3v) is 4.13. The van der Waals surface area contributed by atoms with E-state index in [1.165, 1.54) is 11.1 Å². The van der Waals surface area contributed by atoms with Crippen molar-refractivity contribution in [3.05, 3.63) is 34.9 Å². The average molecular weight is 261 g/mol. The van der Waals surface area contributed by atoms with Crippen LogP contribution in [0.5, 0.6) is 0 Å². The first-order valence-corrected chi connectivity index (χ1v) is 7.18. The quantitative estimate of drug-likeness (QED) is 0.725. The molecule has 0 radical (unpaired) electrons. The van der Waals surface area contributed by atoms with Crippen LogP contribution in [0.15, 0.2) is 18.2 Å². The predicted molar refractivity (Wildman–Crippen MR) is 81.8 cm³/mol. The minimum Gasteiger partial charge on any atom is -0.296 e. The molecular formula is C17H27NO. The van der Waals surface area contributed by atoms with E-state index in [2.05, 4.69) is 32.6 Å². The first-order valence-electron chi connectivity index (χ1n) is 7.18. The van der Waals surface area contributed by atoms with Crippen molar-refractivity contribution in [2.75, 3.05) is 13.6 Å². The van der Waals surface area contributed by atoms with Crippen LogP contribution in [0.25, 0.3) is 0 Å². The molecule has 0 spiro atoms. The van der Waals surface area contributed by atoms with Gasteiger partial charge in [-0.3, -0.25) is 9.69 Å². The molecule has 0 aliphatic heterocycles. The summed E-state index contributed by atoms with van der Waals surface area (Å²) in [4.78, 5) is 14.6. The monoisotopic (exact) mass is 261 g/mol. The number of nitrogens with zero attached hydrogens (tertiary/aromatic N) is 1. The number of benzene rings is 1. The Morgan fingerprint density at radius 3 is 2.37 bits per heavy atom. The highest BCUT2D eigenvalue weighted by Gasteiger charge is 2.20. The lowest BCUT2D eigenvalue weighted by molar-refractivity contribution is 0.0854. The molecule has 0 aromatic heterocycles. The van der Waals surface area contributed by atoms with Crippen LogP contribution >= 0.6 is 0 Å². The zero-order valence-electron chi connectivity index (χ0n) is 13.2. The Morgan fingerprint density at radius 2 is 1.84 bits per heavy atom. The lowest BCUT2D eigenvalue weighted by Gasteiger charge is -2.26. The third-order valence-electron chi connectivity index (χ3n) is 4.13. The highest BCUT2D eigenvalue weighted by molar-refractivity contribution is 6.00. The molecule has 0 N–H and O–H groups in total. The molecule has 0 amide bonds. The van der Waals surface area contributed by atoms with Crippen molar-refractivity contribution in [2.45, 2.75) is 47.1 Å². The molecule has 2 nitrogen and oxygen atoms in total. The smallest absolute Gasteiger partial charge is 0.179 e. The molecule has 0 saturated heterocycles. The van der Waals surface area contributed by atoms with Gasteiger partial charge in [-0.1, -0.05) is 32.4 Å².